The molecule has 0 aromatic heterocycles. The van der Waals surface area contributed by atoms with Gasteiger partial charge in [0.05, 0.1) is 5.60 Å². The van der Waals surface area contributed by atoms with Crippen molar-refractivity contribution in [1.29, 1.82) is 0 Å². The second-order valence-electron chi connectivity index (χ2n) is 5.21. The number of carbonyl (C=O) groups is 1. The topological polar surface area (TPSA) is 46.5 Å². The van der Waals surface area contributed by atoms with E-state index in [1.807, 2.05) is 0 Å². The van der Waals surface area contributed by atoms with E-state index in [-0.39, 0.29) is 5.60 Å². The van der Waals surface area contributed by atoms with Gasteiger partial charge < -0.3 is 9.84 Å². The third kappa shape index (κ3) is 2.33. The molecule has 3 heteroatoms. The fraction of sp³-hybridized carbons (Fsp3) is 0.917. The molecule has 1 spiro atoms. The Kier molecular flexibility index (Phi) is 3.01. The fourth-order valence-corrected chi connectivity index (χ4v) is 2.91. The lowest BCUT2D eigenvalue weighted by atomic mass is 9.69. The summed E-state index contributed by atoms with van der Waals surface area (Å²) in [6.07, 6.45) is 6.07. The van der Waals surface area contributed by atoms with E-state index in [1.165, 1.54) is 19.3 Å². The summed E-state index contributed by atoms with van der Waals surface area (Å²) in [5, 5.41) is 8.78. The molecule has 0 bridgehead atoms. The average Bonchev–Trinajstić information content (AvgIpc) is 2.14. The molecule has 2 unspecified atom stereocenters. The van der Waals surface area contributed by atoms with Gasteiger partial charge in [-0.3, -0.25) is 4.79 Å². The maximum atomic E-state index is 10.7. The summed E-state index contributed by atoms with van der Waals surface area (Å²) in [4.78, 5) is 10.7. The van der Waals surface area contributed by atoms with Gasteiger partial charge in [0, 0.05) is 13.0 Å². The van der Waals surface area contributed by atoms with Crippen LogP contribution in [0.1, 0.15) is 45.4 Å². The van der Waals surface area contributed by atoms with Gasteiger partial charge in [0.25, 0.3) is 0 Å². The average molecular weight is 212 g/mol. The van der Waals surface area contributed by atoms with Crippen molar-refractivity contribution in [2.24, 2.45) is 11.8 Å². The molecule has 1 saturated heterocycles. The van der Waals surface area contributed by atoms with Crippen molar-refractivity contribution in [2.75, 3.05) is 6.61 Å². The van der Waals surface area contributed by atoms with Crippen LogP contribution in [-0.2, 0) is 9.53 Å². The van der Waals surface area contributed by atoms with Gasteiger partial charge in [-0.25, -0.2) is 0 Å². The molecule has 1 aliphatic heterocycles. The third-order valence-electron chi connectivity index (χ3n) is 4.10. The Balaban J connectivity index is 1.89. The van der Waals surface area contributed by atoms with E-state index in [1.54, 1.807) is 0 Å². The van der Waals surface area contributed by atoms with E-state index in [9.17, 15) is 4.79 Å². The molecule has 2 atom stereocenters. The molecule has 1 N–H and O–H groups in total. The predicted molar refractivity (Wildman–Crippen MR) is 56.7 cm³/mol. The molecule has 0 amide bonds. The van der Waals surface area contributed by atoms with E-state index in [2.05, 4.69) is 6.92 Å². The second-order valence-corrected chi connectivity index (χ2v) is 5.21. The van der Waals surface area contributed by atoms with Crippen LogP contribution in [0.25, 0.3) is 0 Å². The molecular formula is C12H20O3. The zero-order chi connectivity index (χ0) is 10.9. The van der Waals surface area contributed by atoms with Crippen molar-refractivity contribution < 1.29 is 14.6 Å². The van der Waals surface area contributed by atoms with Crippen molar-refractivity contribution in [1.82, 2.24) is 0 Å². The van der Waals surface area contributed by atoms with Crippen LogP contribution in [0.15, 0.2) is 0 Å². The van der Waals surface area contributed by atoms with Crippen LogP contribution < -0.4 is 0 Å². The highest BCUT2D eigenvalue weighted by Crippen LogP contribution is 2.46. The minimum absolute atomic E-state index is 0.148. The number of rotatable bonds is 3. The van der Waals surface area contributed by atoms with Crippen LogP contribution in [-0.4, -0.2) is 23.3 Å². The minimum Gasteiger partial charge on any atom is -0.481 e. The Morgan fingerprint density at radius 1 is 1.60 bits per heavy atom. The summed E-state index contributed by atoms with van der Waals surface area (Å²) in [5.74, 6) is 0.177. The molecule has 3 nitrogen and oxygen atoms in total. The Hall–Kier alpha value is -0.570. The molecule has 2 rings (SSSR count). The molecule has 0 aromatic rings. The molecule has 1 aliphatic carbocycles. The highest BCUT2D eigenvalue weighted by Gasteiger charge is 2.43. The van der Waals surface area contributed by atoms with E-state index in [0.29, 0.717) is 18.3 Å². The molecule has 2 fully saturated rings. The maximum absolute atomic E-state index is 10.7. The normalized spacial score (nSPS) is 30.9. The first-order valence-electron chi connectivity index (χ1n) is 5.97. The van der Waals surface area contributed by atoms with Crippen LogP contribution in [0.3, 0.4) is 0 Å². The van der Waals surface area contributed by atoms with Crippen molar-refractivity contribution in [2.45, 2.75) is 51.0 Å². The monoisotopic (exact) mass is 212 g/mol. The fourth-order valence-electron chi connectivity index (χ4n) is 2.91. The van der Waals surface area contributed by atoms with E-state index in [4.69, 9.17) is 9.84 Å². The summed E-state index contributed by atoms with van der Waals surface area (Å²) in [6.45, 7) is 2.89. The van der Waals surface area contributed by atoms with Crippen LogP contribution in [0.5, 0.6) is 0 Å². The Morgan fingerprint density at radius 2 is 2.33 bits per heavy atom. The standard InChI is InChI=1S/C12H20O3/c1-9(7-11(13)14)10-3-6-15-12(8-10)4-2-5-12/h9-10H,2-8H2,1H3,(H,13,14). The number of ether oxygens (including phenoxy) is 1. The van der Waals surface area contributed by atoms with Crippen LogP contribution in [0, 0.1) is 11.8 Å². The lowest BCUT2D eigenvalue weighted by Crippen LogP contribution is -2.46. The molecule has 0 aromatic carbocycles. The third-order valence-corrected chi connectivity index (χ3v) is 4.10. The second kappa shape index (κ2) is 4.12. The molecular weight excluding hydrogens is 192 g/mol. The summed E-state index contributed by atoms with van der Waals surface area (Å²) < 4.78 is 5.84. The van der Waals surface area contributed by atoms with Crippen molar-refractivity contribution in [3.05, 3.63) is 0 Å². The van der Waals surface area contributed by atoms with Crippen molar-refractivity contribution >= 4 is 5.97 Å². The molecule has 1 saturated carbocycles. The van der Waals surface area contributed by atoms with Crippen LogP contribution in [0.2, 0.25) is 0 Å². The molecule has 0 radical (unpaired) electrons. The van der Waals surface area contributed by atoms with E-state index < -0.39 is 5.97 Å². The Morgan fingerprint density at radius 3 is 2.87 bits per heavy atom. The maximum Gasteiger partial charge on any atom is 0.303 e. The Bertz CT molecular complexity index is 245. The van der Waals surface area contributed by atoms with Crippen molar-refractivity contribution in [3.63, 3.8) is 0 Å². The smallest absolute Gasteiger partial charge is 0.303 e. The molecule has 1 heterocycles. The highest BCUT2D eigenvalue weighted by atomic mass is 16.5. The largest absolute Gasteiger partial charge is 0.481 e. The predicted octanol–water partition coefficient (Wildman–Crippen LogP) is 2.45. The van der Waals surface area contributed by atoms with Gasteiger partial charge >= 0.3 is 5.97 Å². The summed E-state index contributed by atoms with van der Waals surface area (Å²) in [7, 11) is 0. The highest BCUT2D eigenvalue weighted by molar-refractivity contribution is 5.67. The number of hydrogen-bond acceptors (Lipinski definition) is 2. The van der Waals surface area contributed by atoms with Gasteiger partial charge in [-0.15, -0.1) is 0 Å². The van der Waals surface area contributed by atoms with Gasteiger partial charge in [0.1, 0.15) is 0 Å². The van der Waals surface area contributed by atoms with Gasteiger partial charge in [-0.1, -0.05) is 6.92 Å². The first-order chi connectivity index (χ1) is 7.11. The van der Waals surface area contributed by atoms with E-state index in [0.717, 1.165) is 19.4 Å². The van der Waals surface area contributed by atoms with E-state index >= 15 is 0 Å². The van der Waals surface area contributed by atoms with Gasteiger partial charge in [-0.05, 0) is 43.9 Å². The SMILES string of the molecule is CC(CC(=O)O)C1CCOC2(CCC2)C1. The lowest BCUT2D eigenvalue weighted by Gasteiger charge is -2.48. The quantitative estimate of drug-likeness (QED) is 0.781. The summed E-state index contributed by atoms with van der Waals surface area (Å²) in [6, 6.07) is 0. The van der Waals surface area contributed by atoms with Crippen LogP contribution in [0.4, 0.5) is 0 Å². The number of carboxylic acids is 1. The van der Waals surface area contributed by atoms with Gasteiger partial charge in [-0.2, -0.15) is 0 Å². The van der Waals surface area contributed by atoms with Crippen LogP contribution >= 0.6 is 0 Å². The number of aliphatic carboxylic acids is 1. The lowest BCUT2D eigenvalue weighted by molar-refractivity contribution is -0.153. The zero-order valence-electron chi connectivity index (χ0n) is 9.37. The van der Waals surface area contributed by atoms with Crippen molar-refractivity contribution in [3.8, 4) is 0 Å². The number of hydrogen-bond donors (Lipinski definition) is 1. The van der Waals surface area contributed by atoms with Gasteiger partial charge in [0.15, 0.2) is 0 Å². The first-order valence-corrected chi connectivity index (χ1v) is 5.97. The Labute approximate surface area is 90.8 Å². The molecule has 15 heavy (non-hydrogen) atoms. The summed E-state index contributed by atoms with van der Waals surface area (Å²) in [5.41, 5.74) is 0.148. The molecule has 2 aliphatic rings. The van der Waals surface area contributed by atoms with Gasteiger partial charge in [0.2, 0.25) is 0 Å². The number of carboxylic acid groups (broad SMARTS) is 1. The zero-order valence-corrected chi connectivity index (χ0v) is 9.37. The minimum atomic E-state index is -0.670. The summed E-state index contributed by atoms with van der Waals surface area (Å²) >= 11 is 0. The first kappa shape index (κ1) is 10.9. The molecule has 86 valence electrons.